The van der Waals surface area contributed by atoms with E-state index in [-0.39, 0.29) is 18.4 Å². The van der Waals surface area contributed by atoms with Gasteiger partial charge >= 0.3 is 6.03 Å². The van der Waals surface area contributed by atoms with Crippen molar-refractivity contribution >= 4 is 23.5 Å². The third kappa shape index (κ3) is 3.07. The number of anilines is 1. The molecular weight excluding hydrogens is 342 g/mol. The first kappa shape index (κ1) is 17.3. The van der Waals surface area contributed by atoms with Crippen LogP contribution < -0.4 is 4.90 Å². The molecule has 2 aliphatic rings. The lowest BCUT2D eigenvalue weighted by atomic mass is 10.00. The first-order valence-electron chi connectivity index (χ1n) is 9.10. The zero-order valence-electron chi connectivity index (χ0n) is 15.2. The van der Waals surface area contributed by atoms with E-state index in [1.807, 2.05) is 36.4 Å². The van der Waals surface area contributed by atoms with E-state index in [9.17, 15) is 14.4 Å². The van der Waals surface area contributed by atoms with Gasteiger partial charge in [0.1, 0.15) is 12.6 Å². The van der Waals surface area contributed by atoms with E-state index in [4.69, 9.17) is 0 Å². The molecule has 0 N–H and O–H groups in total. The van der Waals surface area contributed by atoms with E-state index in [1.165, 1.54) is 10.5 Å². The molecule has 1 unspecified atom stereocenters. The molecule has 2 aromatic rings. The van der Waals surface area contributed by atoms with Crippen LogP contribution in [-0.4, -0.2) is 46.8 Å². The van der Waals surface area contributed by atoms with Crippen LogP contribution in [0.25, 0.3) is 0 Å². The lowest BCUT2D eigenvalue weighted by Gasteiger charge is -2.30. The molecule has 2 heterocycles. The predicted octanol–water partition coefficient (Wildman–Crippen LogP) is 2.43. The second-order valence-electron chi connectivity index (χ2n) is 6.92. The van der Waals surface area contributed by atoms with Crippen LogP contribution in [0.3, 0.4) is 0 Å². The Morgan fingerprint density at radius 3 is 2.41 bits per heavy atom. The number of nitrogens with zero attached hydrogens (tertiary/aromatic N) is 3. The summed E-state index contributed by atoms with van der Waals surface area (Å²) in [5.41, 5.74) is 3.03. The Morgan fingerprint density at radius 2 is 1.67 bits per heavy atom. The number of para-hydroxylation sites is 1. The van der Waals surface area contributed by atoms with Gasteiger partial charge in [-0.25, -0.2) is 4.79 Å². The maximum Gasteiger partial charge on any atom is 0.332 e. The largest absolute Gasteiger partial charge is 0.336 e. The van der Waals surface area contributed by atoms with Gasteiger partial charge in [0.25, 0.3) is 5.91 Å². The fourth-order valence-corrected chi connectivity index (χ4v) is 3.74. The second kappa shape index (κ2) is 6.87. The van der Waals surface area contributed by atoms with Crippen LogP contribution in [0.1, 0.15) is 18.1 Å². The van der Waals surface area contributed by atoms with E-state index in [0.29, 0.717) is 18.8 Å². The van der Waals surface area contributed by atoms with Crippen molar-refractivity contribution in [2.75, 3.05) is 18.0 Å². The number of amides is 4. The van der Waals surface area contributed by atoms with Gasteiger partial charge in [-0.15, -0.1) is 0 Å². The molecule has 1 fully saturated rings. The summed E-state index contributed by atoms with van der Waals surface area (Å²) in [6.07, 6.45) is 0.788. The number of carbonyl (C=O) groups excluding carboxylic acids is 3. The SMILES string of the molecule is CC1C(=O)N(CC(=O)N2CCc3ccccc3C2)C(=O)N1c1ccccc1. The molecule has 4 rings (SSSR count). The van der Waals surface area contributed by atoms with E-state index in [1.54, 1.807) is 24.0 Å². The summed E-state index contributed by atoms with van der Waals surface area (Å²) >= 11 is 0. The first-order valence-corrected chi connectivity index (χ1v) is 9.10. The third-order valence-corrected chi connectivity index (χ3v) is 5.26. The normalized spacial score (nSPS) is 19.4. The molecule has 0 bridgehead atoms. The summed E-state index contributed by atoms with van der Waals surface area (Å²) in [5.74, 6) is -0.539. The zero-order valence-corrected chi connectivity index (χ0v) is 15.2. The molecule has 2 aliphatic heterocycles. The highest BCUT2D eigenvalue weighted by atomic mass is 16.2. The maximum atomic E-state index is 12.8. The Morgan fingerprint density at radius 1 is 1.00 bits per heavy atom. The van der Waals surface area contributed by atoms with Crippen LogP contribution >= 0.6 is 0 Å². The quantitative estimate of drug-likeness (QED) is 0.787. The Balaban J connectivity index is 1.49. The van der Waals surface area contributed by atoms with Crippen molar-refractivity contribution in [3.8, 4) is 0 Å². The highest BCUT2D eigenvalue weighted by Crippen LogP contribution is 2.26. The van der Waals surface area contributed by atoms with Crippen molar-refractivity contribution in [1.82, 2.24) is 9.80 Å². The summed E-state index contributed by atoms with van der Waals surface area (Å²) in [5, 5.41) is 0. The molecule has 0 radical (unpaired) electrons. The lowest BCUT2D eigenvalue weighted by Crippen LogP contribution is -2.45. The van der Waals surface area contributed by atoms with Gasteiger partial charge in [-0.05, 0) is 36.6 Å². The number of hydrogen-bond donors (Lipinski definition) is 0. The van der Waals surface area contributed by atoms with Gasteiger partial charge in [0, 0.05) is 18.8 Å². The number of urea groups is 1. The smallest absolute Gasteiger partial charge is 0.332 e. The molecule has 0 saturated carbocycles. The molecular formula is C21H21N3O3. The summed E-state index contributed by atoms with van der Waals surface area (Å²) in [7, 11) is 0. The van der Waals surface area contributed by atoms with Crippen molar-refractivity contribution in [2.45, 2.75) is 25.9 Å². The summed E-state index contributed by atoms with van der Waals surface area (Å²) in [4.78, 5) is 42.4. The van der Waals surface area contributed by atoms with Gasteiger partial charge in [-0.2, -0.15) is 0 Å². The van der Waals surface area contributed by atoms with E-state index in [0.717, 1.165) is 16.9 Å². The fraction of sp³-hybridized carbons (Fsp3) is 0.286. The van der Waals surface area contributed by atoms with Gasteiger partial charge in [-0.3, -0.25) is 19.4 Å². The molecule has 0 spiro atoms. The minimum absolute atomic E-state index is 0.201. The van der Waals surface area contributed by atoms with E-state index >= 15 is 0 Å². The number of fused-ring (bicyclic) bond motifs is 1. The Labute approximate surface area is 158 Å². The molecule has 6 nitrogen and oxygen atoms in total. The van der Waals surface area contributed by atoms with Gasteiger partial charge in [-0.1, -0.05) is 42.5 Å². The van der Waals surface area contributed by atoms with Crippen LogP contribution in [0.15, 0.2) is 54.6 Å². The average molecular weight is 363 g/mol. The molecule has 2 aromatic carbocycles. The van der Waals surface area contributed by atoms with Crippen LogP contribution in [-0.2, 0) is 22.6 Å². The summed E-state index contributed by atoms with van der Waals surface area (Å²) in [6.45, 7) is 2.59. The molecule has 0 aliphatic carbocycles. The van der Waals surface area contributed by atoms with Crippen LogP contribution in [0.5, 0.6) is 0 Å². The summed E-state index contributed by atoms with van der Waals surface area (Å²) in [6, 6.07) is 16.0. The number of carbonyl (C=O) groups is 3. The van der Waals surface area contributed by atoms with Crippen LogP contribution in [0, 0.1) is 0 Å². The molecule has 6 heteroatoms. The molecule has 0 aromatic heterocycles. The van der Waals surface area contributed by atoms with Crippen molar-refractivity contribution in [1.29, 1.82) is 0 Å². The van der Waals surface area contributed by atoms with Gasteiger partial charge in [0.15, 0.2) is 0 Å². The highest BCUT2D eigenvalue weighted by Gasteiger charge is 2.44. The van der Waals surface area contributed by atoms with Crippen molar-refractivity contribution in [3.05, 3.63) is 65.7 Å². The van der Waals surface area contributed by atoms with E-state index in [2.05, 4.69) is 6.07 Å². The zero-order chi connectivity index (χ0) is 19.0. The Kier molecular flexibility index (Phi) is 4.39. The maximum absolute atomic E-state index is 12.8. The predicted molar refractivity (Wildman–Crippen MR) is 101 cm³/mol. The average Bonchev–Trinajstić information content (AvgIpc) is 2.91. The molecule has 1 atom stereocenters. The Hall–Kier alpha value is -3.15. The van der Waals surface area contributed by atoms with Crippen molar-refractivity contribution in [2.24, 2.45) is 0 Å². The van der Waals surface area contributed by atoms with Crippen molar-refractivity contribution in [3.63, 3.8) is 0 Å². The minimum Gasteiger partial charge on any atom is -0.336 e. The van der Waals surface area contributed by atoms with E-state index < -0.39 is 12.1 Å². The molecule has 1 saturated heterocycles. The van der Waals surface area contributed by atoms with Gasteiger partial charge in [0.2, 0.25) is 5.91 Å². The topological polar surface area (TPSA) is 60.9 Å². The number of rotatable bonds is 3. The third-order valence-electron chi connectivity index (χ3n) is 5.26. The van der Waals surface area contributed by atoms with Crippen molar-refractivity contribution < 1.29 is 14.4 Å². The first-order chi connectivity index (χ1) is 13.1. The number of hydrogen-bond acceptors (Lipinski definition) is 3. The van der Waals surface area contributed by atoms with Crippen LogP contribution in [0.2, 0.25) is 0 Å². The van der Waals surface area contributed by atoms with Crippen LogP contribution in [0.4, 0.5) is 10.5 Å². The number of imide groups is 1. The molecule has 138 valence electrons. The number of benzene rings is 2. The monoisotopic (exact) mass is 363 g/mol. The van der Waals surface area contributed by atoms with Gasteiger partial charge in [0.05, 0.1) is 0 Å². The Bertz CT molecular complexity index is 897. The highest BCUT2D eigenvalue weighted by molar-refractivity contribution is 6.15. The van der Waals surface area contributed by atoms with Gasteiger partial charge < -0.3 is 4.90 Å². The summed E-state index contributed by atoms with van der Waals surface area (Å²) < 4.78 is 0. The molecule has 27 heavy (non-hydrogen) atoms. The fourth-order valence-electron chi connectivity index (χ4n) is 3.74. The second-order valence-corrected chi connectivity index (χ2v) is 6.92. The standard InChI is InChI=1S/C21H21N3O3/c1-15-20(26)23(21(27)24(15)18-9-3-2-4-10-18)14-19(25)22-12-11-16-7-5-6-8-17(16)13-22/h2-10,15H,11-14H2,1H3. The lowest BCUT2D eigenvalue weighted by molar-refractivity contribution is -0.137. The molecule has 4 amide bonds. The minimum atomic E-state index is -0.616.